The summed E-state index contributed by atoms with van der Waals surface area (Å²) in [6, 6.07) is 15.6. The number of aliphatic hydroxyl groups excluding tert-OH is 1. The van der Waals surface area contributed by atoms with Crippen LogP contribution in [0.2, 0.25) is 5.02 Å². The van der Waals surface area contributed by atoms with Gasteiger partial charge < -0.3 is 15.2 Å². The summed E-state index contributed by atoms with van der Waals surface area (Å²) in [6.07, 6.45) is -0.343. The Morgan fingerprint density at radius 1 is 1.19 bits per heavy atom. The van der Waals surface area contributed by atoms with Gasteiger partial charge in [0.25, 0.3) is 0 Å². The number of ether oxygens (including phenoxy) is 1. The molecule has 0 aliphatic carbocycles. The topological polar surface area (TPSA) is 41.5 Å². The van der Waals surface area contributed by atoms with Gasteiger partial charge >= 0.3 is 0 Å². The lowest BCUT2D eigenvalue weighted by atomic mass is 10.2. The summed E-state index contributed by atoms with van der Waals surface area (Å²) in [5.74, 6) is 0.811. The molecular weight excluding hydrogens is 286 g/mol. The molecule has 2 rings (SSSR count). The van der Waals surface area contributed by atoms with Crippen molar-refractivity contribution in [2.45, 2.75) is 26.2 Å². The zero-order chi connectivity index (χ0) is 15.1. The number of aliphatic hydroxyl groups is 1. The Labute approximate surface area is 130 Å². The van der Waals surface area contributed by atoms with Gasteiger partial charge in [-0.05, 0) is 30.7 Å². The Hall–Kier alpha value is -1.55. The van der Waals surface area contributed by atoms with Crippen molar-refractivity contribution in [2.24, 2.45) is 0 Å². The van der Waals surface area contributed by atoms with Crippen molar-refractivity contribution in [1.29, 1.82) is 0 Å². The lowest BCUT2D eigenvalue weighted by Crippen LogP contribution is -2.23. The standard InChI is InChI=1S/C17H20ClNO2/c1-13(20)10-19-11-14-5-4-7-16(9-14)21-12-15-6-2-3-8-17(15)18/h2-9,13,19-20H,10-12H2,1H3. The van der Waals surface area contributed by atoms with Gasteiger partial charge in [-0.1, -0.05) is 41.9 Å². The van der Waals surface area contributed by atoms with Crippen LogP contribution in [0, 0.1) is 0 Å². The fourth-order valence-electron chi connectivity index (χ4n) is 1.95. The molecule has 0 spiro atoms. The van der Waals surface area contributed by atoms with Crippen molar-refractivity contribution >= 4 is 11.6 Å². The molecule has 0 bridgehead atoms. The van der Waals surface area contributed by atoms with Crippen LogP contribution >= 0.6 is 11.6 Å². The number of benzene rings is 2. The summed E-state index contributed by atoms with van der Waals surface area (Å²) in [4.78, 5) is 0. The number of halogens is 1. The van der Waals surface area contributed by atoms with E-state index in [2.05, 4.69) is 5.32 Å². The smallest absolute Gasteiger partial charge is 0.120 e. The molecule has 112 valence electrons. The van der Waals surface area contributed by atoms with Gasteiger partial charge in [0.05, 0.1) is 6.10 Å². The molecule has 0 radical (unpaired) electrons. The maximum absolute atomic E-state index is 9.22. The van der Waals surface area contributed by atoms with E-state index < -0.39 is 0 Å². The fraction of sp³-hybridized carbons (Fsp3) is 0.294. The first-order valence-corrected chi connectivity index (χ1v) is 7.37. The third-order valence-electron chi connectivity index (χ3n) is 3.02. The van der Waals surface area contributed by atoms with Crippen LogP contribution in [0.3, 0.4) is 0 Å². The molecule has 21 heavy (non-hydrogen) atoms. The molecule has 4 heteroatoms. The third kappa shape index (κ3) is 5.38. The lowest BCUT2D eigenvalue weighted by molar-refractivity contribution is 0.191. The van der Waals surface area contributed by atoms with Gasteiger partial charge in [-0.3, -0.25) is 0 Å². The molecule has 0 amide bonds. The molecule has 3 nitrogen and oxygen atoms in total. The number of nitrogens with one attached hydrogen (secondary N) is 1. The van der Waals surface area contributed by atoms with E-state index in [0.29, 0.717) is 24.7 Å². The highest BCUT2D eigenvalue weighted by Gasteiger charge is 2.02. The zero-order valence-electron chi connectivity index (χ0n) is 12.1. The second-order valence-electron chi connectivity index (χ2n) is 5.01. The highest BCUT2D eigenvalue weighted by molar-refractivity contribution is 6.31. The number of hydrogen-bond donors (Lipinski definition) is 2. The van der Waals surface area contributed by atoms with Crippen molar-refractivity contribution in [3.8, 4) is 5.75 Å². The summed E-state index contributed by atoms with van der Waals surface area (Å²) < 4.78 is 5.78. The predicted molar refractivity (Wildman–Crippen MR) is 85.6 cm³/mol. The van der Waals surface area contributed by atoms with Gasteiger partial charge in [0.2, 0.25) is 0 Å². The van der Waals surface area contributed by atoms with Crippen LogP contribution in [-0.4, -0.2) is 17.8 Å². The van der Waals surface area contributed by atoms with Crippen LogP contribution in [0.25, 0.3) is 0 Å². The van der Waals surface area contributed by atoms with Crippen molar-refractivity contribution in [3.05, 3.63) is 64.7 Å². The van der Waals surface area contributed by atoms with Crippen molar-refractivity contribution in [1.82, 2.24) is 5.32 Å². The van der Waals surface area contributed by atoms with E-state index in [9.17, 15) is 5.11 Å². The maximum Gasteiger partial charge on any atom is 0.120 e. The minimum Gasteiger partial charge on any atom is -0.489 e. The Balaban J connectivity index is 1.90. The van der Waals surface area contributed by atoms with E-state index in [1.807, 2.05) is 48.5 Å². The first-order chi connectivity index (χ1) is 10.1. The molecule has 0 aliphatic heterocycles. The summed E-state index contributed by atoms with van der Waals surface area (Å²) in [7, 11) is 0. The Bertz CT molecular complexity index is 572. The van der Waals surface area contributed by atoms with Gasteiger partial charge in [0.1, 0.15) is 12.4 Å². The molecule has 2 aromatic rings. The van der Waals surface area contributed by atoms with Crippen LogP contribution in [0.4, 0.5) is 0 Å². The highest BCUT2D eigenvalue weighted by Crippen LogP contribution is 2.19. The van der Waals surface area contributed by atoms with E-state index in [1.54, 1.807) is 6.92 Å². The fourth-order valence-corrected chi connectivity index (χ4v) is 2.14. The van der Waals surface area contributed by atoms with E-state index in [1.165, 1.54) is 0 Å². The van der Waals surface area contributed by atoms with E-state index in [-0.39, 0.29) is 6.10 Å². The van der Waals surface area contributed by atoms with Crippen LogP contribution in [0.1, 0.15) is 18.1 Å². The average molecular weight is 306 g/mol. The van der Waals surface area contributed by atoms with E-state index in [0.717, 1.165) is 16.9 Å². The Morgan fingerprint density at radius 2 is 2.00 bits per heavy atom. The van der Waals surface area contributed by atoms with Gasteiger partial charge in [-0.2, -0.15) is 0 Å². The van der Waals surface area contributed by atoms with E-state index in [4.69, 9.17) is 16.3 Å². The summed E-state index contributed by atoms with van der Waals surface area (Å²) in [6.45, 7) is 3.49. The van der Waals surface area contributed by atoms with Crippen molar-refractivity contribution in [2.75, 3.05) is 6.54 Å². The first-order valence-electron chi connectivity index (χ1n) is 6.99. The summed E-state index contributed by atoms with van der Waals surface area (Å²) in [5, 5.41) is 13.1. The normalized spacial score (nSPS) is 12.1. The van der Waals surface area contributed by atoms with Crippen LogP contribution < -0.4 is 10.1 Å². The molecule has 0 saturated heterocycles. The van der Waals surface area contributed by atoms with Crippen LogP contribution in [0.5, 0.6) is 5.75 Å². The Kier molecular flexibility index (Phi) is 6.05. The molecule has 2 aromatic carbocycles. The number of hydrogen-bond acceptors (Lipinski definition) is 3. The van der Waals surface area contributed by atoms with Crippen molar-refractivity contribution < 1.29 is 9.84 Å². The van der Waals surface area contributed by atoms with Crippen LogP contribution in [-0.2, 0) is 13.2 Å². The third-order valence-corrected chi connectivity index (χ3v) is 3.39. The van der Waals surface area contributed by atoms with Crippen LogP contribution in [0.15, 0.2) is 48.5 Å². The molecule has 1 unspecified atom stereocenters. The molecule has 2 N–H and O–H groups in total. The monoisotopic (exact) mass is 305 g/mol. The van der Waals surface area contributed by atoms with E-state index >= 15 is 0 Å². The SMILES string of the molecule is CC(O)CNCc1cccc(OCc2ccccc2Cl)c1. The molecule has 0 heterocycles. The van der Waals surface area contributed by atoms with Gasteiger partial charge in [0, 0.05) is 23.7 Å². The van der Waals surface area contributed by atoms with Crippen molar-refractivity contribution in [3.63, 3.8) is 0 Å². The first kappa shape index (κ1) is 15.8. The molecule has 0 aromatic heterocycles. The highest BCUT2D eigenvalue weighted by atomic mass is 35.5. The molecule has 0 saturated carbocycles. The summed E-state index contributed by atoms with van der Waals surface area (Å²) >= 11 is 6.11. The Morgan fingerprint density at radius 3 is 2.76 bits per heavy atom. The van der Waals surface area contributed by atoms with Gasteiger partial charge in [-0.25, -0.2) is 0 Å². The molecule has 0 aliphatic rings. The summed E-state index contributed by atoms with van der Waals surface area (Å²) in [5.41, 5.74) is 2.09. The second-order valence-corrected chi connectivity index (χ2v) is 5.41. The average Bonchev–Trinajstić information content (AvgIpc) is 2.46. The second kappa shape index (κ2) is 8.03. The van der Waals surface area contributed by atoms with Gasteiger partial charge in [-0.15, -0.1) is 0 Å². The molecular formula is C17H20ClNO2. The van der Waals surface area contributed by atoms with Gasteiger partial charge in [0.15, 0.2) is 0 Å². The molecule has 1 atom stereocenters. The minimum absolute atomic E-state index is 0.343. The predicted octanol–water partition coefficient (Wildman–Crippen LogP) is 3.39. The maximum atomic E-state index is 9.22. The lowest BCUT2D eigenvalue weighted by Gasteiger charge is -2.10. The number of rotatable bonds is 7. The largest absolute Gasteiger partial charge is 0.489 e. The minimum atomic E-state index is -0.343. The quantitative estimate of drug-likeness (QED) is 0.824. The molecule has 0 fully saturated rings. The zero-order valence-corrected chi connectivity index (χ0v) is 12.8.